The van der Waals surface area contributed by atoms with Gasteiger partial charge >= 0.3 is 0 Å². The Balaban J connectivity index is 2.95. The lowest BCUT2D eigenvalue weighted by molar-refractivity contribution is 0.0509. The molecule has 112 valence electrons. The number of aliphatic hydroxyl groups is 1. The van der Waals surface area contributed by atoms with Crippen LogP contribution in [0.15, 0.2) is 29.2 Å². The normalized spacial score (nSPS) is 11.7. The number of rotatable bonds is 6. The van der Waals surface area contributed by atoms with Crippen LogP contribution in [0.2, 0.25) is 0 Å². The van der Waals surface area contributed by atoms with Crippen molar-refractivity contribution in [3.63, 3.8) is 0 Å². The topological polar surface area (TPSA) is 74.7 Å². The monoisotopic (exact) mass is 307 g/mol. The number of carbonyl (C=O) groups is 1. The molecule has 20 heavy (non-hydrogen) atoms. The van der Waals surface area contributed by atoms with Crippen LogP contribution in [0, 0.1) is 0 Å². The van der Waals surface area contributed by atoms with E-state index in [1.54, 1.807) is 0 Å². The molecule has 1 amide bonds. The van der Waals surface area contributed by atoms with Crippen molar-refractivity contribution < 1.29 is 27.1 Å². The molecule has 0 unspecified atom stereocenters. The van der Waals surface area contributed by atoms with Crippen LogP contribution in [0.5, 0.6) is 0 Å². The number of sulfone groups is 1. The maximum Gasteiger partial charge on any atom is 0.255 e. The molecule has 1 N–H and O–H groups in total. The molecule has 0 aromatic heterocycles. The first-order valence-corrected chi connectivity index (χ1v) is 7.63. The summed E-state index contributed by atoms with van der Waals surface area (Å²) in [5, 5.41) is 8.78. The molecule has 0 bridgehead atoms. The fourth-order valence-electron chi connectivity index (χ4n) is 1.59. The number of nitrogens with zero attached hydrogens (tertiary/aromatic N) is 1. The van der Waals surface area contributed by atoms with Gasteiger partial charge in [-0.3, -0.25) is 4.79 Å². The lowest BCUT2D eigenvalue weighted by Crippen LogP contribution is -2.37. The highest BCUT2D eigenvalue weighted by molar-refractivity contribution is 7.90. The zero-order valence-corrected chi connectivity index (χ0v) is 11.6. The van der Waals surface area contributed by atoms with Gasteiger partial charge in [0.1, 0.15) is 0 Å². The zero-order chi connectivity index (χ0) is 15.3. The standard InChI is InChI=1S/C12H15F2NO4S/c1-20(18,19)10-4-2-9(3-5-10)12(17)15(6-7-16)8-11(13)14/h2-5,11,16H,6-8H2,1H3. The molecule has 0 aliphatic heterocycles. The maximum atomic E-state index is 12.3. The van der Waals surface area contributed by atoms with Gasteiger partial charge < -0.3 is 10.0 Å². The van der Waals surface area contributed by atoms with Gasteiger partial charge in [-0.2, -0.15) is 0 Å². The van der Waals surface area contributed by atoms with Gasteiger partial charge in [0.25, 0.3) is 12.3 Å². The molecule has 1 aromatic rings. The smallest absolute Gasteiger partial charge is 0.255 e. The van der Waals surface area contributed by atoms with Gasteiger partial charge in [-0.15, -0.1) is 0 Å². The Labute approximate surface area is 115 Å². The lowest BCUT2D eigenvalue weighted by atomic mass is 10.2. The van der Waals surface area contributed by atoms with Crippen molar-refractivity contribution >= 4 is 15.7 Å². The third-order valence-electron chi connectivity index (χ3n) is 2.54. The minimum atomic E-state index is -3.38. The first-order chi connectivity index (χ1) is 9.25. The van der Waals surface area contributed by atoms with Crippen LogP contribution in [0.25, 0.3) is 0 Å². The predicted molar refractivity (Wildman–Crippen MR) is 68.5 cm³/mol. The molecule has 0 radical (unpaired) electrons. The van der Waals surface area contributed by atoms with Crippen LogP contribution in [0.4, 0.5) is 8.78 Å². The summed E-state index contributed by atoms with van der Waals surface area (Å²) in [7, 11) is -3.38. The van der Waals surface area contributed by atoms with Gasteiger partial charge in [0, 0.05) is 18.4 Å². The number of halogens is 2. The summed E-state index contributed by atoms with van der Waals surface area (Å²) in [5.74, 6) is -0.681. The van der Waals surface area contributed by atoms with Crippen LogP contribution in [-0.4, -0.2) is 56.7 Å². The van der Waals surface area contributed by atoms with Crippen molar-refractivity contribution in [2.45, 2.75) is 11.3 Å². The van der Waals surface area contributed by atoms with E-state index in [0.29, 0.717) is 0 Å². The first kappa shape index (κ1) is 16.5. The molecule has 0 atom stereocenters. The second kappa shape index (κ2) is 6.76. The van der Waals surface area contributed by atoms with E-state index in [-0.39, 0.29) is 17.0 Å². The van der Waals surface area contributed by atoms with E-state index in [2.05, 4.69) is 0 Å². The molecular formula is C12H15F2NO4S. The minimum absolute atomic E-state index is 0.0385. The molecule has 8 heteroatoms. The molecule has 0 fully saturated rings. The van der Waals surface area contributed by atoms with E-state index < -0.39 is 35.3 Å². The Hall–Kier alpha value is -1.54. The van der Waals surface area contributed by atoms with Gasteiger partial charge in [-0.05, 0) is 24.3 Å². The Morgan fingerprint density at radius 2 is 1.85 bits per heavy atom. The molecule has 0 aliphatic carbocycles. The Morgan fingerprint density at radius 3 is 2.25 bits per heavy atom. The molecular weight excluding hydrogens is 292 g/mol. The number of amides is 1. The second-order valence-electron chi connectivity index (χ2n) is 4.16. The number of aliphatic hydroxyl groups excluding tert-OH is 1. The number of alkyl halides is 2. The van der Waals surface area contributed by atoms with Crippen molar-refractivity contribution in [1.82, 2.24) is 4.90 Å². The summed E-state index contributed by atoms with van der Waals surface area (Å²) < 4.78 is 47.2. The quantitative estimate of drug-likeness (QED) is 0.843. The first-order valence-electron chi connectivity index (χ1n) is 5.74. The molecule has 5 nitrogen and oxygen atoms in total. The van der Waals surface area contributed by atoms with E-state index in [9.17, 15) is 22.0 Å². The van der Waals surface area contributed by atoms with E-state index in [4.69, 9.17) is 5.11 Å². The highest BCUT2D eigenvalue weighted by Crippen LogP contribution is 2.13. The highest BCUT2D eigenvalue weighted by Gasteiger charge is 2.19. The summed E-state index contributed by atoms with van der Waals surface area (Å²) in [6.45, 7) is -1.43. The molecule has 0 spiro atoms. The van der Waals surface area contributed by atoms with Crippen LogP contribution in [-0.2, 0) is 9.84 Å². The van der Waals surface area contributed by atoms with Crippen molar-refractivity contribution in [3.05, 3.63) is 29.8 Å². The summed E-state index contributed by atoms with van der Waals surface area (Å²) in [6.07, 6.45) is -1.68. The Kier molecular flexibility index (Phi) is 5.58. The minimum Gasteiger partial charge on any atom is -0.395 e. The van der Waals surface area contributed by atoms with Gasteiger partial charge in [-0.1, -0.05) is 0 Å². The van der Waals surface area contributed by atoms with E-state index in [0.717, 1.165) is 11.2 Å². The number of carbonyl (C=O) groups excluding carboxylic acids is 1. The number of benzene rings is 1. The van der Waals surface area contributed by atoms with Gasteiger partial charge in [0.05, 0.1) is 18.0 Å². The van der Waals surface area contributed by atoms with E-state index >= 15 is 0 Å². The molecule has 0 saturated heterocycles. The SMILES string of the molecule is CS(=O)(=O)c1ccc(C(=O)N(CCO)CC(F)F)cc1. The van der Waals surface area contributed by atoms with E-state index in [1.165, 1.54) is 24.3 Å². The summed E-state index contributed by atoms with van der Waals surface area (Å²) in [6, 6.07) is 4.99. The molecule has 1 rings (SSSR count). The third-order valence-corrected chi connectivity index (χ3v) is 3.67. The summed E-state index contributed by atoms with van der Waals surface area (Å²) >= 11 is 0. The van der Waals surface area contributed by atoms with Crippen molar-refractivity contribution in [2.24, 2.45) is 0 Å². The largest absolute Gasteiger partial charge is 0.395 e. The second-order valence-corrected chi connectivity index (χ2v) is 6.18. The zero-order valence-electron chi connectivity index (χ0n) is 10.8. The van der Waals surface area contributed by atoms with Crippen molar-refractivity contribution in [3.8, 4) is 0 Å². The van der Waals surface area contributed by atoms with Gasteiger partial charge in [0.2, 0.25) is 0 Å². The van der Waals surface area contributed by atoms with E-state index in [1.807, 2.05) is 0 Å². The van der Waals surface area contributed by atoms with Gasteiger partial charge in [0.15, 0.2) is 9.84 Å². The van der Waals surface area contributed by atoms with Gasteiger partial charge in [-0.25, -0.2) is 17.2 Å². The molecule has 0 saturated carbocycles. The predicted octanol–water partition coefficient (Wildman–Crippen LogP) is 0.790. The fraction of sp³-hybridized carbons (Fsp3) is 0.417. The summed E-state index contributed by atoms with van der Waals surface area (Å²) in [4.78, 5) is 12.8. The lowest BCUT2D eigenvalue weighted by Gasteiger charge is -2.21. The van der Waals surface area contributed by atoms with Crippen LogP contribution >= 0.6 is 0 Å². The number of hydrogen-bond donors (Lipinski definition) is 1. The molecule has 0 heterocycles. The molecule has 1 aromatic carbocycles. The average molecular weight is 307 g/mol. The summed E-state index contributed by atoms with van der Waals surface area (Å²) in [5.41, 5.74) is 0.0894. The third kappa shape index (κ3) is 4.53. The van der Waals surface area contributed by atoms with Crippen molar-refractivity contribution in [2.75, 3.05) is 26.0 Å². The Bertz CT molecular complexity index is 557. The fourth-order valence-corrected chi connectivity index (χ4v) is 2.22. The maximum absolute atomic E-state index is 12.3. The average Bonchev–Trinajstić information content (AvgIpc) is 2.36. The number of hydrogen-bond acceptors (Lipinski definition) is 4. The highest BCUT2D eigenvalue weighted by atomic mass is 32.2. The van der Waals surface area contributed by atoms with Crippen molar-refractivity contribution in [1.29, 1.82) is 0 Å². The van der Waals surface area contributed by atoms with Crippen LogP contribution < -0.4 is 0 Å². The van der Waals surface area contributed by atoms with Crippen LogP contribution in [0.1, 0.15) is 10.4 Å². The Morgan fingerprint density at radius 1 is 1.30 bits per heavy atom. The van der Waals surface area contributed by atoms with Crippen LogP contribution in [0.3, 0.4) is 0 Å². The molecule has 0 aliphatic rings.